The topological polar surface area (TPSA) is 103 Å². The lowest BCUT2D eigenvalue weighted by Gasteiger charge is -2.39. The number of likely N-dealkylation sites (N-methyl/N-ethyl adjacent to an activating group) is 1. The number of aromatic amines is 1. The second-order valence-corrected chi connectivity index (χ2v) is 11.0. The third-order valence-corrected chi connectivity index (χ3v) is 8.48. The molecule has 0 radical (unpaired) electrons. The molecule has 1 N–H and O–H groups in total. The Kier molecular flexibility index (Phi) is 6.99. The van der Waals surface area contributed by atoms with Gasteiger partial charge < -0.3 is 14.3 Å². The summed E-state index contributed by atoms with van der Waals surface area (Å²) in [4.78, 5) is 24.5. The van der Waals surface area contributed by atoms with E-state index in [4.69, 9.17) is 16.0 Å². The van der Waals surface area contributed by atoms with E-state index in [1.54, 1.807) is 29.2 Å². The number of sulfonamides is 1. The minimum atomic E-state index is -3.75. The van der Waals surface area contributed by atoms with Crippen molar-refractivity contribution in [1.29, 1.82) is 0 Å². The summed E-state index contributed by atoms with van der Waals surface area (Å²) in [6.07, 6.45) is 1.37. The minimum Gasteiger partial charge on any atom is -0.436 e. The molecule has 12 heteroatoms. The van der Waals surface area contributed by atoms with Crippen LogP contribution in [-0.4, -0.2) is 77.7 Å². The minimum absolute atomic E-state index is 0. The highest BCUT2D eigenvalue weighted by molar-refractivity contribution is 7.89. The van der Waals surface area contributed by atoms with Crippen molar-refractivity contribution < 1.29 is 17.6 Å². The highest BCUT2D eigenvalue weighted by Gasteiger charge is 2.38. The van der Waals surface area contributed by atoms with Crippen molar-refractivity contribution in [3.63, 3.8) is 0 Å². The van der Waals surface area contributed by atoms with Crippen LogP contribution >= 0.6 is 24.0 Å². The summed E-state index contributed by atoms with van der Waals surface area (Å²) in [5.41, 5.74) is 1.54. The molecular formula is C22H27Cl2N5O4S. The molecule has 1 aromatic carbocycles. The van der Waals surface area contributed by atoms with Crippen molar-refractivity contribution in [3.8, 4) is 0 Å². The van der Waals surface area contributed by atoms with E-state index in [9.17, 15) is 13.2 Å². The van der Waals surface area contributed by atoms with E-state index in [0.717, 1.165) is 29.8 Å². The number of rotatable bonds is 4. The molecule has 2 aromatic heterocycles. The lowest BCUT2D eigenvalue weighted by Crippen LogP contribution is -2.56. The molecule has 1 atom stereocenters. The third-order valence-electron chi connectivity index (χ3n) is 6.46. The van der Waals surface area contributed by atoms with Gasteiger partial charge in [0.2, 0.25) is 0 Å². The standard InChI is InChI=1S/C22H26ClN5O4S.ClH/c1-3-16-12-27(33(30,31)20-11-14-10-15(23)4-5-17(14)24-20)8-9-28(16)22(29)21-25-18-6-7-26(2)13-19(18)32-21;/h4-5,10-11,16,24H,3,6-9,12-13H2,1-2H3;1H. The Balaban J connectivity index is 0.00000274. The van der Waals surface area contributed by atoms with Crippen molar-refractivity contribution in [1.82, 2.24) is 24.1 Å². The van der Waals surface area contributed by atoms with Gasteiger partial charge in [-0.2, -0.15) is 4.31 Å². The van der Waals surface area contributed by atoms with Crippen LogP contribution in [0.4, 0.5) is 0 Å². The molecule has 1 saturated heterocycles. The maximum absolute atomic E-state index is 13.3. The summed E-state index contributed by atoms with van der Waals surface area (Å²) >= 11 is 6.04. The van der Waals surface area contributed by atoms with Gasteiger partial charge in [0, 0.05) is 54.6 Å². The van der Waals surface area contributed by atoms with E-state index in [2.05, 4.69) is 14.9 Å². The van der Waals surface area contributed by atoms with Crippen LogP contribution in [0.5, 0.6) is 0 Å². The zero-order valence-electron chi connectivity index (χ0n) is 19.0. The summed E-state index contributed by atoms with van der Waals surface area (Å²) < 4.78 is 33.9. The number of benzene rings is 1. The molecule has 0 saturated carbocycles. The Morgan fingerprint density at radius 2 is 2.06 bits per heavy atom. The quantitative estimate of drug-likeness (QED) is 0.558. The Hall–Kier alpha value is -2.11. The van der Waals surface area contributed by atoms with Crippen LogP contribution in [0.15, 0.2) is 33.7 Å². The van der Waals surface area contributed by atoms with Gasteiger partial charge in [-0.25, -0.2) is 13.4 Å². The van der Waals surface area contributed by atoms with E-state index >= 15 is 0 Å². The monoisotopic (exact) mass is 527 g/mol. The average molecular weight is 528 g/mol. The third kappa shape index (κ3) is 4.45. The number of amides is 1. The number of hydrogen-bond acceptors (Lipinski definition) is 6. The summed E-state index contributed by atoms with van der Waals surface area (Å²) in [6, 6.07) is 6.53. The summed E-state index contributed by atoms with van der Waals surface area (Å²) in [7, 11) is -1.75. The first-order valence-electron chi connectivity index (χ1n) is 11.0. The molecule has 4 heterocycles. The Morgan fingerprint density at radius 1 is 1.26 bits per heavy atom. The smallest absolute Gasteiger partial charge is 0.310 e. The molecule has 2 aliphatic heterocycles. The zero-order chi connectivity index (χ0) is 23.3. The fourth-order valence-electron chi connectivity index (χ4n) is 4.55. The summed E-state index contributed by atoms with van der Waals surface area (Å²) in [6.45, 7) is 4.14. The largest absolute Gasteiger partial charge is 0.436 e. The number of hydrogen-bond donors (Lipinski definition) is 1. The number of carbonyl (C=O) groups excluding carboxylic acids is 1. The van der Waals surface area contributed by atoms with E-state index in [1.807, 2.05) is 14.0 Å². The van der Waals surface area contributed by atoms with E-state index in [1.165, 1.54) is 4.31 Å². The number of nitrogens with zero attached hydrogens (tertiary/aromatic N) is 4. The zero-order valence-corrected chi connectivity index (χ0v) is 21.3. The van der Waals surface area contributed by atoms with E-state index < -0.39 is 10.0 Å². The molecule has 3 aromatic rings. The Bertz CT molecular complexity index is 1320. The molecule has 184 valence electrons. The van der Waals surface area contributed by atoms with Crippen LogP contribution in [0.1, 0.15) is 35.5 Å². The molecule has 2 aliphatic rings. The van der Waals surface area contributed by atoms with Crippen molar-refractivity contribution >= 4 is 50.8 Å². The number of carbonyl (C=O) groups is 1. The van der Waals surface area contributed by atoms with Crippen molar-refractivity contribution in [3.05, 3.63) is 46.6 Å². The first-order chi connectivity index (χ1) is 15.8. The maximum Gasteiger partial charge on any atom is 0.310 e. The van der Waals surface area contributed by atoms with Gasteiger partial charge in [-0.15, -0.1) is 12.4 Å². The van der Waals surface area contributed by atoms with E-state index in [-0.39, 0.29) is 54.9 Å². The molecular weight excluding hydrogens is 501 g/mol. The normalized spacial score (nSPS) is 19.7. The molecule has 0 spiro atoms. The predicted octanol–water partition coefficient (Wildman–Crippen LogP) is 3.14. The number of H-pyrrole nitrogens is 1. The average Bonchev–Trinajstić information content (AvgIpc) is 3.42. The van der Waals surface area contributed by atoms with Gasteiger partial charge in [-0.3, -0.25) is 9.69 Å². The molecule has 0 bridgehead atoms. The van der Waals surface area contributed by atoms with Crippen LogP contribution in [0.2, 0.25) is 5.02 Å². The molecule has 34 heavy (non-hydrogen) atoms. The second-order valence-electron chi connectivity index (χ2n) is 8.67. The van der Waals surface area contributed by atoms with Gasteiger partial charge >= 0.3 is 5.91 Å². The summed E-state index contributed by atoms with van der Waals surface area (Å²) in [5.74, 6) is 0.550. The highest BCUT2D eigenvalue weighted by Crippen LogP contribution is 2.27. The summed E-state index contributed by atoms with van der Waals surface area (Å²) in [5, 5.41) is 1.41. The van der Waals surface area contributed by atoms with Crippen molar-refractivity contribution in [2.45, 2.75) is 37.4 Å². The maximum atomic E-state index is 13.3. The molecule has 0 aliphatic carbocycles. The lowest BCUT2D eigenvalue weighted by molar-refractivity contribution is 0.0516. The first kappa shape index (κ1) is 25.0. The number of aromatic nitrogens is 2. The number of fused-ring (bicyclic) bond motifs is 2. The fraction of sp³-hybridized carbons (Fsp3) is 0.455. The molecule has 9 nitrogen and oxygen atoms in total. The number of nitrogens with one attached hydrogen (secondary N) is 1. The predicted molar refractivity (Wildman–Crippen MR) is 131 cm³/mol. The number of piperazine rings is 1. The van der Waals surface area contributed by atoms with Crippen LogP contribution < -0.4 is 0 Å². The van der Waals surface area contributed by atoms with Crippen LogP contribution in [0.3, 0.4) is 0 Å². The number of oxazole rings is 1. The lowest BCUT2D eigenvalue weighted by atomic mass is 10.1. The molecule has 1 unspecified atom stereocenters. The SMILES string of the molecule is CCC1CN(S(=O)(=O)c2cc3cc(Cl)ccc3[nH]2)CCN1C(=O)c1nc2c(o1)CN(C)CC2.Cl. The van der Waals surface area contributed by atoms with Gasteiger partial charge in [-0.1, -0.05) is 18.5 Å². The fourth-order valence-corrected chi connectivity index (χ4v) is 6.22. The van der Waals surface area contributed by atoms with E-state index in [0.29, 0.717) is 23.5 Å². The van der Waals surface area contributed by atoms with Gasteiger partial charge in [-0.05, 0) is 37.7 Å². The number of halogens is 2. The van der Waals surface area contributed by atoms with Crippen LogP contribution in [0, 0.1) is 0 Å². The van der Waals surface area contributed by atoms with Crippen LogP contribution in [-0.2, 0) is 23.0 Å². The Labute approximate surface area is 209 Å². The van der Waals surface area contributed by atoms with Crippen LogP contribution in [0.25, 0.3) is 10.9 Å². The first-order valence-corrected chi connectivity index (χ1v) is 12.8. The van der Waals surface area contributed by atoms with Crippen molar-refractivity contribution in [2.75, 3.05) is 33.2 Å². The van der Waals surface area contributed by atoms with Gasteiger partial charge in [0.05, 0.1) is 12.2 Å². The van der Waals surface area contributed by atoms with Gasteiger partial charge in [0.15, 0.2) is 0 Å². The molecule has 5 rings (SSSR count). The van der Waals surface area contributed by atoms with Gasteiger partial charge in [0.1, 0.15) is 10.8 Å². The molecule has 1 amide bonds. The second kappa shape index (κ2) is 9.50. The van der Waals surface area contributed by atoms with Gasteiger partial charge in [0.25, 0.3) is 15.9 Å². The van der Waals surface area contributed by atoms with Crippen molar-refractivity contribution in [2.24, 2.45) is 0 Å². The highest BCUT2D eigenvalue weighted by atomic mass is 35.5. The Morgan fingerprint density at radius 3 is 2.82 bits per heavy atom. The molecule has 1 fully saturated rings.